The molecular formula is C16H26N2O. The number of piperidine rings is 1. The van der Waals surface area contributed by atoms with Crippen LogP contribution in [-0.4, -0.2) is 43.2 Å². The molecule has 0 aliphatic carbocycles. The second-order valence-electron chi connectivity index (χ2n) is 5.68. The average Bonchev–Trinajstić information content (AvgIpc) is 2.46. The molecule has 19 heavy (non-hydrogen) atoms. The highest BCUT2D eigenvalue weighted by molar-refractivity contribution is 5.48. The molecule has 0 amide bonds. The Morgan fingerprint density at radius 3 is 2.63 bits per heavy atom. The minimum atomic E-state index is -0.333. The van der Waals surface area contributed by atoms with E-state index in [0.29, 0.717) is 6.04 Å². The van der Waals surface area contributed by atoms with Crippen LogP contribution in [0.5, 0.6) is 0 Å². The number of likely N-dealkylation sites (tertiary alicyclic amines) is 1. The van der Waals surface area contributed by atoms with Gasteiger partial charge in [0.25, 0.3) is 0 Å². The summed E-state index contributed by atoms with van der Waals surface area (Å²) in [4.78, 5) is 4.78. The molecule has 0 aromatic heterocycles. The van der Waals surface area contributed by atoms with Gasteiger partial charge in [0.1, 0.15) is 0 Å². The Morgan fingerprint density at radius 2 is 2.05 bits per heavy atom. The summed E-state index contributed by atoms with van der Waals surface area (Å²) >= 11 is 0. The first-order valence-corrected chi connectivity index (χ1v) is 7.31. The van der Waals surface area contributed by atoms with Gasteiger partial charge in [-0.1, -0.05) is 19.1 Å². The van der Waals surface area contributed by atoms with Crippen LogP contribution in [0.4, 0.5) is 5.69 Å². The second kappa shape index (κ2) is 6.40. The van der Waals surface area contributed by atoms with E-state index in [-0.39, 0.29) is 6.10 Å². The van der Waals surface area contributed by atoms with Gasteiger partial charge in [0.15, 0.2) is 0 Å². The fourth-order valence-electron chi connectivity index (χ4n) is 2.83. The van der Waals surface area contributed by atoms with Crippen LogP contribution in [0.2, 0.25) is 0 Å². The zero-order valence-electron chi connectivity index (χ0n) is 12.3. The molecule has 1 aliphatic rings. The van der Waals surface area contributed by atoms with Gasteiger partial charge in [-0.05, 0) is 50.6 Å². The van der Waals surface area contributed by atoms with Crippen molar-refractivity contribution in [2.45, 2.75) is 38.3 Å². The number of hydrogen-bond acceptors (Lipinski definition) is 3. The van der Waals surface area contributed by atoms with Gasteiger partial charge in [-0.3, -0.25) is 0 Å². The van der Waals surface area contributed by atoms with Crippen LogP contribution in [0.15, 0.2) is 24.3 Å². The lowest BCUT2D eigenvalue weighted by atomic mass is 10.0. The molecular weight excluding hydrogens is 236 g/mol. The highest BCUT2D eigenvalue weighted by Gasteiger charge is 2.21. The molecule has 1 aromatic rings. The van der Waals surface area contributed by atoms with Crippen molar-refractivity contribution in [3.8, 4) is 0 Å². The lowest BCUT2D eigenvalue weighted by Gasteiger charge is -2.37. The highest BCUT2D eigenvalue weighted by Crippen LogP contribution is 2.24. The van der Waals surface area contributed by atoms with Gasteiger partial charge in [0, 0.05) is 25.3 Å². The van der Waals surface area contributed by atoms with E-state index in [0.717, 1.165) is 18.5 Å². The summed E-state index contributed by atoms with van der Waals surface area (Å²) in [7, 11) is 4.37. The number of nitrogens with zero attached hydrogens (tertiary/aromatic N) is 2. The first-order valence-electron chi connectivity index (χ1n) is 7.31. The molecule has 3 heteroatoms. The standard InChI is InChI=1S/C16H26N2O/c1-4-16(19)13-7-9-14(10-8-13)18(3)15-6-5-11-17(2)12-15/h7-10,15-16,19H,4-6,11-12H2,1-3H3. The Kier molecular flexibility index (Phi) is 4.83. The fraction of sp³-hybridized carbons (Fsp3) is 0.625. The Hall–Kier alpha value is -1.06. The molecule has 106 valence electrons. The second-order valence-corrected chi connectivity index (χ2v) is 5.68. The lowest BCUT2D eigenvalue weighted by Crippen LogP contribution is -2.45. The SMILES string of the molecule is CCC(O)c1ccc(N(C)C2CCCN(C)C2)cc1. The molecule has 1 aromatic carbocycles. The summed E-state index contributed by atoms with van der Waals surface area (Å²) in [5, 5.41) is 9.82. The van der Waals surface area contributed by atoms with Crippen molar-refractivity contribution in [3.63, 3.8) is 0 Å². The van der Waals surface area contributed by atoms with E-state index >= 15 is 0 Å². The van der Waals surface area contributed by atoms with E-state index in [9.17, 15) is 5.11 Å². The number of benzene rings is 1. The van der Waals surface area contributed by atoms with Gasteiger partial charge in [-0.2, -0.15) is 0 Å². The molecule has 3 nitrogen and oxygen atoms in total. The van der Waals surface area contributed by atoms with E-state index in [2.05, 4.69) is 36.0 Å². The number of aliphatic hydroxyl groups excluding tert-OH is 1. The summed E-state index contributed by atoms with van der Waals surface area (Å²) in [5.41, 5.74) is 2.26. The maximum absolute atomic E-state index is 9.82. The van der Waals surface area contributed by atoms with Crippen LogP contribution in [0.3, 0.4) is 0 Å². The van der Waals surface area contributed by atoms with Gasteiger partial charge >= 0.3 is 0 Å². The summed E-state index contributed by atoms with van der Waals surface area (Å²) in [6.45, 7) is 4.35. The third kappa shape index (κ3) is 3.48. The third-order valence-corrected chi connectivity index (χ3v) is 4.22. The maximum atomic E-state index is 9.82. The van der Waals surface area contributed by atoms with E-state index in [1.54, 1.807) is 0 Å². The number of hydrogen-bond donors (Lipinski definition) is 1. The van der Waals surface area contributed by atoms with Gasteiger partial charge in [0.2, 0.25) is 0 Å². The lowest BCUT2D eigenvalue weighted by molar-refractivity contribution is 0.173. The van der Waals surface area contributed by atoms with Crippen molar-refractivity contribution in [1.29, 1.82) is 0 Å². The summed E-state index contributed by atoms with van der Waals surface area (Å²) < 4.78 is 0. The Labute approximate surface area is 116 Å². The maximum Gasteiger partial charge on any atom is 0.0787 e. The minimum absolute atomic E-state index is 0.333. The third-order valence-electron chi connectivity index (χ3n) is 4.22. The van der Waals surface area contributed by atoms with Crippen molar-refractivity contribution >= 4 is 5.69 Å². The monoisotopic (exact) mass is 262 g/mol. The molecule has 1 aliphatic heterocycles. The molecule has 0 bridgehead atoms. The summed E-state index contributed by atoms with van der Waals surface area (Å²) in [6, 6.07) is 8.95. The zero-order valence-corrected chi connectivity index (χ0v) is 12.3. The first-order chi connectivity index (χ1) is 9.11. The van der Waals surface area contributed by atoms with E-state index in [1.807, 2.05) is 19.1 Å². The van der Waals surface area contributed by atoms with Gasteiger partial charge < -0.3 is 14.9 Å². The predicted molar refractivity (Wildman–Crippen MR) is 80.6 cm³/mol. The summed E-state index contributed by atoms with van der Waals surface area (Å²) in [6.07, 6.45) is 2.97. The number of aliphatic hydroxyl groups is 1. The van der Waals surface area contributed by atoms with Crippen molar-refractivity contribution in [2.24, 2.45) is 0 Å². The van der Waals surface area contributed by atoms with Gasteiger partial charge in [-0.15, -0.1) is 0 Å². The van der Waals surface area contributed by atoms with Crippen molar-refractivity contribution < 1.29 is 5.11 Å². The molecule has 1 fully saturated rings. The molecule has 0 saturated carbocycles. The first kappa shape index (κ1) is 14.4. The molecule has 1 saturated heterocycles. The predicted octanol–water partition coefficient (Wildman–Crippen LogP) is 2.66. The van der Waals surface area contributed by atoms with Crippen LogP contribution in [0.25, 0.3) is 0 Å². The van der Waals surface area contributed by atoms with Crippen molar-refractivity contribution in [2.75, 3.05) is 32.1 Å². The molecule has 2 atom stereocenters. The van der Waals surface area contributed by atoms with Crippen molar-refractivity contribution in [3.05, 3.63) is 29.8 Å². The van der Waals surface area contributed by atoms with Crippen LogP contribution in [0.1, 0.15) is 37.9 Å². The van der Waals surface area contributed by atoms with Gasteiger partial charge in [-0.25, -0.2) is 0 Å². The Bertz CT molecular complexity index is 390. The average molecular weight is 262 g/mol. The molecule has 2 unspecified atom stereocenters. The molecule has 1 heterocycles. The quantitative estimate of drug-likeness (QED) is 0.903. The van der Waals surface area contributed by atoms with E-state index in [1.165, 1.54) is 25.1 Å². The Morgan fingerprint density at radius 1 is 1.37 bits per heavy atom. The molecule has 0 radical (unpaired) electrons. The number of rotatable bonds is 4. The van der Waals surface area contributed by atoms with Gasteiger partial charge in [0.05, 0.1) is 6.10 Å². The van der Waals surface area contributed by atoms with E-state index in [4.69, 9.17) is 0 Å². The summed E-state index contributed by atoms with van der Waals surface area (Å²) in [5.74, 6) is 0. The minimum Gasteiger partial charge on any atom is -0.388 e. The van der Waals surface area contributed by atoms with E-state index < -0.39 is 0 Å². The highest BCUT2D eigenvalue weighted by atomic mass is 16.3. The van der Waals surface area contributed by atoms with Crippen LogP contribution >= 0.6 is 0 Å². The normalized spacial score (nSPS) is 22.2. The zero-order chi connectivity index (χ0) is 13.8. The fourth-order valence-corrected chi connectivity index (χ4v) is 2.83. The smallest absolute Gasteiger partial charge is 0.0787 e. The van der Waals surface area contributed by atoms with Crippen molar-refractivity contribution in [1.82, 2.24) is 4.90 Å². The number of anilines is 1. The molecule has 0 spiro atoms. The molecule has 2 rings (SSSR count). The van der Waals surface area contributed by atoms with Crippen LogP contribution in [-0.2, 0) is 0 Å². The molecule has 1 N–H and O–H groups in total. The topological polar surface area (TPSA) is 26.7 Å². The van der Waals surface area contributed by atoms with Crippen LogP contribution < -0.4 is 4.90 Å². The number of likely N-dealkylation sites (N-methyl/N-ethyl adjacent to an activating group) is 2. The Balaban J connectivity index is 2.04. The van der Waals surface area contributed by atoms with Crippen LogP contribution in [0, 0.1) is 0 Å². The largest absolute Gasteiger partial charge is 0.388 e.